The minimum atomic E-state index is -4.19. The van der Waals surface area contributed by atoms with Gasteiger partial charge in [-0.15, -0.1) is 0 Å². The summed E-state index contributed by atoms with van der Waals surface area (Å²) >= 11 is 6.08. The summed E-state index contributed by atoms with van der Waals surface area (Å²) in [4.78, 5) is 14.9. The molecule has 0 aliphatic rings. The Hall–Kier alpha value is -3.13. The number of nitrogens with one attached hydrogen (secondary N) is 2. The summed E-state index contributed by atoms with van der Waals surface area (Å²) in [6.45, 7) is 0. The summed E-state index contributed by atoms with van der Waals surface area (Å²) in [6, 6.07) is 19.6. The summed E-state index contributed by atoms with van der Waals surface area (Å²) in [7, 11) is -4.19. The number of sulfonamides is 1. The molecule has 0 spiro atoms. The van der Waals surface area contributed by atoms with Crippen molar-refractivity contribution >= 4 is 38.5 Å². The molecule has 158 valence electrons. The van der Waals surface area contributed by atoms with Crippen molar-refractivity contribution in [3.63, 3.8) is 0 Å². The van der Waals surface area contributed by atoms with Crippen LogP contribution in [0.4, 0.5) is 0 Å². The third-order valence-corrected chi connectivity index (χ3v) is 6.76. The number of H-pyrrole nitrogens is 1. The quantitative estimate of drug-likeness (QED) is 0.384. The van der Waals surface area contributed by atoms with Crippen molar-refractivity contribution in [1.29, 1.82) is 0 Å². The predicted molar refractivity (Wildman–Crippen MR) is 121 cm³/mol. The fourth-order valence-electron chi connectivity index (χ4n) is 3.53. The number of hydrogen-bond acceptors (Lipinski definition) is 3. The van der Waals surface area contributed by atoms with E-state index in [2.05, 4.69) is 9.71 Å². The number of carboxylic acids is 1. The lowest BCUT2D eigenvalue weighted by Gasteiger charge is -2.17. The highest BCUT2D eigenvalue weighted by Gasteiger charge is 2.28. The van der Waals surface area contributed by atoms with Gasteiger partial charge >= 0.3 is 5.97 Å². The largest absolute Gasteiger partial charge is 0.480 e. The van der Waals surface area contributed by atoms with Crippen molar-refractivity contribution in [2.75, 3.05) is 0 Å². The highest BCUT2D eigenvalue weighted by molar-refractivity contribution is 7.89. The lowest BCUT2D eigenvalue weighted by Crippen LogP contribution is -2.42. The zero-order valence-corrected chi connectivity index (χ0v) is 17.8. The second-order valence-electron chi connectivity index (χ2n) is 7.08. The van der Waals surface area contributed by atoms with Gasteiger partial charge in [-0.1, -0.05) is 66.2 Å². The molecule has 0 aliphatic carbocycles. The van der Waals surface area contributed by atoms with E-state index in [4.69, 9.17) is 11.6 Å². The number of benzene rings is 3. The third-order valence-electron chi connectivity index (χ3n) is 5.01. The first-order chi connectivity index (χ1) is 14.8. The number of aromatic amines is 1. The van der Waals surface area contributed by atoms with E-state index in [-0.39, 0.29) is 16.3 Å². The van der Waals surface area contributed by atoms with Crippen molar-refractivity contribution in [2.24, 2.45) is 0 Å². The molecule has 0 unspecified atom stereocenters. The monoisotopic (exact) mass is 454 g/mol. The Balaban J connectivity index is 1.70. The molecule has 31 heavy (non-hydrogen) atoms. The Morgan fingerprint density at radius 2 is 1.74 bits per heavy atom. The van der Waals surface area contributed by atoms with Gasteiger partial charge < -0.3 is 10.1 Å². The first-order valence-electron chi connectivity index (χ1n) is 9.50. The van der Waals surface area contributed by atoms with Crippen LogP contribution in [0.3, 0.4) is 0 Å². The number of halogens is 1. The molecule has 0 bridgehead atoms. The highest BCUT2D eigenvalue weighted by Crippen LogP contribution is 2.30. The van der Waals surface area contributed by atoms with Gasteiger partial charge in [0.2, 0.25) is 10.0 Å². The van der Waals surface area contributed by atoms with Gasteiger partial charge in [0.1, 0.15) is 6.04 Å². The van der Waals surface area contributed by atoms with Crippen LogP contribution in [-0.4, -0.2) is 30.5 Å². The summed E-state index contributed by atoms with van der Waals surface area (Å²) in [6.07, 6.45) is 1.68. The van der Waals surface area contributed by atoms with E-state index in [1.807, 2.05) is 30.3 Å². The van der Waals surface area contributed by atoms with Gasteiger partial charge in [-0.3, -0.25) is 4.79 Å². The van der Waals surface area contributed by atoms with Crippen LogP contribution in [0, 0.1) is 0 Å². The first-order valence-corrected chi connectivity index (χ1v) is 11.4. The molecule has 0 aliphatic heterocycles. The second-order valence-corrected chi connectivity index (χ2v) is 9.20. The number of carbonyl (C=O) groups is 1. The topological polar surface area (TPSA) is 99.3 Å². The molecule has 0 amide bonds. The Morgan fingerprint density at radius 1 is 1.03 bits per heavy atom. The SMILES string of the molecule is O=C(O)[C@@H](Cc1c[nH]c2ccccc12)NS(=O)(=O)c1cc(Cl)ccc1-c1ccccc1. The smallest absolute Gasteiger partial charge is 0.322 e. The van der Waals surface area contributed by atoms with Crippen molar-refractivity contribution in [3.8, 4) is 11.1 Å². The van der Waals surface area contributed by atoms with Gasteiger partial charge in [-0.2, -0.15) is 4.72 Å². The van der Waals surface area contributed by atoms with Crippen LogP contribution in [0.1, 0.15) is 5.56 Å². The standard InChI is InChI=1S/C23H19ClN2O4S/c24-17-10-11-19(15-6-2-1-3-7-15)22(13-17)31(29,30)26-21(23(27)28)12-16-14-25-20-9-5-4-8-18(16)20/h1-11,13-14,21,25-26H,12H2,(H,27,28)/t21-/m1/s1. The van der Waals surface area contributed by atoms with E-state index in [0.717, 1.165) is 10.9 Å². The van der Waals surface area contributed by atoms with Crippen molar-refractivity contribution in [2.45, 2.75) is 17.4 Å². The molecule has 3 N–H and O–H groups in total. The van der Waals surface area contributed by atoms with E-state index in [1.54, 1.807) is 42.6 Å². The number of fused-ring (bicyclic) bond motifs is 1. The molecule has 0 fully saturated rings. The fourth-order valence-corrected chi connectivity index (χ4v) is 5.21. The molecule has 8 heteroatoms. The van der Waals surface area contributed by atoms with Gasteiger partial charge in [0, 0.05) is 34.1 Å². The first kappa shape index (κ1) is 21.1. The van der Waals surface area contributed by atoms with E-state index in [1.165, 1.54) is 6.07 Å². The molecule has 4 aromatic rings. The number of rotatable bonds is 7. The highest BCUT2D eigenvalue weighted by atomic mass is 35.5. The summed E-state index contributed by atoms with van der Waals surface area (Å²) in [5.41, 5.74) is 2.68. The number of aromatic nitrogens is 1. The minimum absolute atomic E-state index is 0.0141. The predicted octanol–water partition coefficient (Wildman–Crippen LogP) is 4.46. The minimum Gasteiger partial charge on any atom is -0.480 e. The Bertz CT molecular complexity index is 1350. The van der Waals surface area contributed by atoms with Crippen LogP contribution < -0.4 is 4.72 Å². The molecule has 0 saturated heterocycles. The van der Waals surface area contributed by atoms with Crippen LogP contribution in [0.15, 0.2) is 83.9 Å². The Morgan fingerprint density at radius 3 is 2.48 bits per heavy atom. The zero-order valence-electron chi connectivity index (χ0n) is 16.2. The Kier molecular flexibility index (Phi) is 5.82. The summed E-state index contributed by atoms with van der Waals surface area (Å²) < 4.78 is 28.8. The van der Waals surface area contributed by atoms with E-state index >= 15 is 0 Å². The van der Waals surface area contributed by atoms with E-state index < -0.39 is 22.0 Å². The molecule has 6 nitrogen and oxygen atoms in total. The average Bonchev–Trinajstić information content (AvgIpc) is 3.16. The molecule has 1 atom stereocenters. The van der Waals surface area contributed by atoms with Crippen LogP contribution >= 0.6 is 11.6 Å². The van der Waals surface area contributed by atoms with Gasteiger partial charge in [-0.05, 0) is 29.3 Å². The van der Waals surface area contributed by atoms with Gasteiger partial charge in [-0.25, -0.2) is 8.42 Å². The van der Waals surface area contributed by atoms with Crippen molar-refractivity contribution in [1.82, 2.24) is 9.71 Å². The zero-order chi connectivity index (χ0) is 22.0. The normalized spacial score (nSPS) is 12.7. The van der Waals surface area contributed by atoms with Crippen LogP contribution in [0.2, 0.25) is 5.02 Å². The fraction of sp³-hybridized carbons (Fsp3) is 0.0870. The van der Waals surface area contributed by atoms with E-state index in [9.17, 15) is 18.3 Å². The lowest BCUT2D eigenvalue weighted by atomic mass is 10.1. The molecule has 1 heterocycles. The van der Waals surface area contributed by atoms with Crippen molar-refractivity contribution in [3.05, 3.63) is 89.6 Å². The van der Waals surface area contributed by atoms with Gasteiger partial charge in [0.25, 0.3) is 0 Å². The van der Waals surface area contributed by atoms with Gasteiger partial charge in [0.15, 0.2) is 0 Å². The third kappa shape index (κ3) is 4.49. The average molecular weight is 455 g/mol. The Labute approximate surface area is 184 Å². The number of para-hydroxylation sites is 1. The maximum atomic E-state index is 13.2. The van der Waals surface area contributed by atoms with Crippen molar-refractivity contribution < 1.29 is 18.3 Å². The maximum absolute atomic E-state index is 13.2. The lowest BCUT2D eigenvalue weighted by molar-refractivity contribution is -0.138. The second kappa shape index (κ2) is 8.55. The van der Waals surface area contributed by atoms with E-state index in [0.29, 0.717) is 16.7 Å². The van der Waals surface area contributed by atoms with Crippen LogP contribution in [0.25, 0.3) is 22.0 Å². The van der Waals surface area contributed by atoms with Gasteiger partial charge in [0.05, 0.1) is 4.90 Å². The number of hydrogen-bond donors (Lipinski definition) is 3. The van der Waals surface area contributed by atoms with Crippen LogP contribution in [0.5, 0.6) is 0 Å². The summed E-state index contributed by atoms with van der Waals surface area (Å²) in [5.74, 6) is -1.27. The number of aliphatic carboxylic acids is 1. The molecule has 0 saturated carbocycles. The molecule has 0 radical (unpaired) electrons. The molecular formula is C23H19ClN2O4S. The molecule has 3 aromatic carbocycles. The molecular weight excluding hydrogens is 436 g/mol. The molecule has 1 aromatic heterocycles. The maximum Gasteiger partial charge on any atom is 0.322 e. The van der Waals surface area contributed by atoms with Crippen LogP contribution in [-0.2, 0) is 21.2 Å². The molecule has 4 rings (SSSR count). The summed E-state index contributed by atoms with van der Waals surface area (Å²) in [5, 5.41) is 10.8. The number of carboxylic acid groups (broad SMARTS) is 1.